The molecule has 0 aliphatic rings. The Kier molecular flexibility index (Phi) is 4.81. The van der Waals surface area contributed by atoms with Crippen LogP contribution in [0, 0.1) is 0 Å². The van der Waals surface area contributed by atoms with Crippen LogP contribution in [0.25, 0.3) is 0 Å². The first-order valence-electron chi connectivity index (χ1n) is 4.56. The first-order valence-corrected chi connectivity index (χ1v) is 6.04. The third kappa shape index (κ3) is 3.53. The predicted molar refractivity (Wildman–Crippen MR) is 57.2 cm³/mol. The first-order chi connectivity index (χ1) is 7.60. The summed E-state index contributed by atoms with van der Waals surface area (Å²) in [5.74, 6) is 0. The van der Waals surface area contributed by atoms with Crippen LogP contribution in [0.5, 0.6) is 0 Å². The number of aromatic nitrogens is 1. The van der Waals surface area contributed by atoms with E-state index < -0.39 is 16.3 Å². The van der Waals surface area contributed by atoms with Crippen LogP contribution in [0.4, 0.5) is 0 Å². The lowest BCUT2D eigenvalue weighted by molar-refractivity contribution is -0.0960. The molecule has 0 aliphatic carbocycles. The van der Waals surface area contributed by atoms with Crippen LogP contribution in [-0.4, -0.2) is 40.5 Å². The van der Waals surface area contributed by atoms with Crippen LogP contribution >= 0.6 is 0 Å². The Bertz CT molecular complexity index is 403. The summed E-state index contributed by atoms with van der Waals surface area (Å²) < 4.78 is 35.4. The van der Waals surface area contributed by atoms with Gasteiger partial charge in [-0.05, 0) is 12.1 Å². The lowest BCUT2D eigenvalue weighted by atomic mass is 10.5. The molecule has 7 heteroatoms. The molecule has 0 radical (unpaired) electrons. The normalized spacial score (nSPS) is 11.9. The minimum atomic E-state index is -3.60. The third-order valence-corrected chi connectivity index (χ3v) is 3.22. The number of rotatable bonds is 6. The van der Waals surface area contributed by atoms with Crippen LogP contribution in [0.1, 0.15) is 0 Å². The summed E-state index contributed by atoms with van der Waals surface area (Å²) in [5.41, 5.74) is 0. The molecule has 1 aromatic heterocycles. The summed E-state index contributed by atoms with van der Waals surface area (Å²) in [4.78, 5) is 3.75. The minimum absolute atomic E-state index is 0.0269. The fourth-order valence-electron chi connectivity index (χ4n) is 1.02. The highest BCUT2D eigenvalue weighted by Gasteiger charge is 2.16. The van der Waals surface area contributed by atoms with Crippen molar-refractivity contribution in [3.05, 3.63) is 24.4 Å². The molecule has 6 nitrogen and oxygen atoms in total. The lowest BCUT2D eigenvalue weighted by Crippen LogP contribution is -2.34. The van der Waals surface area contributed by atoms with Crippen LogP contribution in [-0.2, 0) is 19.5 Å². The monoisotopic (exact) mass is 246 g/mol. The molecule has 0 unspecified atom stereocenters. The van der Waals surface area contributed by atoms with Gasteiger partial charge in [-0.1, -0.05) is 6.07 Å². The third-order valence-electron chi connectivity index (χ3n) is 1.88. The van der Waals surface area contributed by atoms with Gasteiger partial charge in [0, 0.05) is 20.4 Å². The van der Waals surface area contributed by atoms with Crippen molar-refractivity contribution in [2.24, 2.45) is 0 Å². The second-order valence-corrected chi connectivity index (χ2v) is 4.63. The number of hydrogen-bond donors (Lipinski definition) is 1. The van der Waals surface area contributed by atoms with Gasteiger partial charge >= 0.3 is 0 Å². The molecular formula is C9H14N2O4S. The second-order valence-electron chi connectivity index (χ2n) is 2.92. The maximum Gasteiger partial charge on any atom is 0.258 e. The number of nitrogens with one attached hydrogen (secondary N) is 1. The van der Waals surface area contributed by atoms with E-state index in [1.807, 2.05) is 0 Å². The fourth-order valence-corrected chi connectivity index (χ4v) is 1.98. The first kappa shape index (κ1) is 13.0. The van der Waals surface area contributed by atoms with E-state index in [9.17, 15) is 8.42 Å². The summed E-state index contributed by atoms with van der Waals surface area (Å²) in [5, 5.41) is -0.0269. The summed E-state index contributed by atoms with van der Waals surface area (Å²) >= 11 is 0. The van der Waals surface area contributed by atoms with E-state index in [2.05, 4.69) is 9.71 Å². The van der Waals surface area contributed by atoms with Gasteiger partial charge in [0.15, 0.2) is 11.3 Å². The molecule has 0 aliphatic heterocycles. The zero-order chi connectivity index (χ0) is 12.0. The van der Waals surface area contributed by atoms with Gasteiger partial charge in [0.1, 0.15) is 0 Å². The Labute approximate surface area is 94.6 Å². The predicted octanol–water partition coefficient (Wildman–Crippen LogP) is -0.0212. The average molecular weight is 246 g/mol. The van der Waals surface area contributed by atoms with Crippen molar-refractivity contribution in [3.8, 4) is 0 Å². The highest BCUT2D eigenvalue weighted by molar-refractivity contribution is 7.89. The molecule has 0 atom stereocenters. The zero-order valence-electron chi connectivity index (χ0n) is 9.08. The molecule has 1 N–H and O–H groups in total. The Morgan fingerprint density at radius 2 is 2.06 bits per heavy atom. The molecule has 0 saturated heterocycles. The van der Waals surface area contributed by atoms with Gasteiger partial charge in [-0.15, -0.1) is 0 Å². The molecule has 0 saturated carbocycles. The van der Waals surface area contributed by atoms with Crippen LogP contribution < -0.4 is 4.72 Å². The molecule has 0 fully saturated rings. The number of hydrogen-bond acceptors (Lipinski definition) is 5. The second kappa shape index (κ2) is 5.90. The van der Waals surface area contributed by atoms with Crippen LogP contribution in [0.15, 0.2) is 29.4 Å². The van der Waals surface area contributed by atoms with E-state index in [0.717, 1.165) is 0 Å². The van der Waals surface area contributed by atoms with E-state index in [-0.39, 0.29) is 11.6 Å². The maximum absolute atomic E-state index is 11.7. The van der Waals surface area contributed by atoms with Crippen molar-refractivity contribution in [2.75, 3.05) is 20.8 Å². The molecule has 1 aromatic rings. The van der Waals surface area contributed by atoms with Crippen molar-refractivity contribution >= 4 is 10.0 Å². The largest absolute Gasteiger partial charge is 0.355 e. The molecule has 90 valence electrons. The average Bonchev–Trinajstić information content (AvgIpc) is 2.31. The number of ether oxygens (including phenoxy) is 2. The number of nitrogens with zero attached hydrogens (tertiary/aromatic N) is 1. The van der Waals surface area contributed by atoms with Crippen molar-refractivity contribution in [3.63, 3.8) is 0 Å². The Morgan fingerprint density at radius 3 is 2.56 bits per heavy atom. The lowest BCUT2D eigenvalue weighted by Gasteiger charge is -2.13. The molecule has 1 heterocycles. The Morgan fingerprint density at radius 1 is 1.38 bits per heavy atom. The van der Waals surface area contributed by atoms with Crippen molar-refractivity contribution in [2.45, 2.75) is 11.3 Å². The SMILES string of the molecule is COC(CNS(=O)(=O)c1ccccn1)OC. The van der Waals surface area contributed by atoms with E-state index in [4.69, 9.17) is 9.47 Å². The molecular weight excluding hydrogens is 232 g/mol. The van der Waals surface area contributed by atoms with Crippen LogP contribution in [0.2, 0.25) is 0 Å². The Hall–Kier alpha value is -1.02. The highest BCUT2D eigenvalue weighted by Crippen LogP contribution is 2.03. The van der Waals surface area contributed by atoms with Gasteiger partial charge in [0.2, 0.25) is 0 Å². The van der Waals surface area contributed by atoms with Gasteiger partial charge in [-0.2, -0.15) is 0 Å². The summed E-state index contributed by atoms with van der Waals surface area (Å²) in [7, 11) is -0.729. The smallest absolute Gasteiger partial charge is 0.258 e. The van der Waals surface area contributed by atoms with Crippen molar-refractivity contribution < 1.29 is 17.9 Å². The molecule has 0 amide bonds. The van der Waals surface area contributed by atoms with Gasteiger partial charge in [-0.3, -0.25) is 0 Å². The van der Waals surface area contributed by atoms with E-state index in [0.29, 0.717) is 0 Å². The maximum atomic E-state index is 11.7. The van der Waals surface area contributed by atoms with Gasteiger partial charge in [-0.25, -0.2) is 18.1 Å². The van der Waals surface area contributed by atoms with Gasteiger partial charge < -0.3 is 9.47 Å². The molecule has 16 heavy (non-hydrogen) atoms. The van der Waals surface area contributed by atoms with Crippen LogP contribution in [0.3, 0.4) is 0 Å². The highest BCUT2D eigenvalue weighted by atomic mass is 32.2. The molecule has 0 spiro atoms. The molecule has 1 rings (SSSR count). The Balaban J connectivity index is 2.67. The van der Waals surface area contributed by atoms with Crippen molar-refractivity contribution in [1.29, 1.82) is 0 Å². The standard InChI is InChI=1S/C9H14N2O4S/c1-14-9(15-2)7-11-16(12,13)8-5-3-4-6-10-8/h3-6,9,11H,7H2,1-2H3. The summed E-state index contributed by atoms with van der Waals surface area (Å²) in [6, 6.07) is 4.66. The zero-order valence-corrected chi connectivity index (χ0v) is 9.90. The quantitative estimate of drug-likeness (QED) is 0.714. The summed E-state index contributed by atoms with van der Waals surface area (Å²) in [6.07, 6.45) is 0.803. The fraction of sp³-hybridized carbons (Fsp3) is 0.444. The molecule has 0 bridgehead atoms. The van der Waals surface area contributed by atoms with E-state index in [1.165, 1.54) is 26.5 Å². The van der Waals surface area contributed by atoms with E-state index in [1.54, 1.807) is 12.1 Å². The topological polar surface area (TPSA) is 77.5 Å². The van der Waals surface area contributed by atoms with Crippen molar-refractivity contribution in [1.82, 2.24) is 9.71 Å². The van der Waals surface area contributed by atoms with Gasteiger partial charge in [0.05, 0.1) is 6.54 Å². The minimum Gasteiger partial charge on any atom is -0.355 e. The number of sulfonamides is 1. The molecule has 0 aromatic carbocycles. The number of methoxy groups -OCH3 is 2. The summed E-state index contributed by atoms with van der Waals surface area (Å²) in [6.45, 7) is 0.0336. The van der Waals surface area contributed by atoms with E-state index >= 15 is 0 Å². The number of pyridine rings is 1. The van der Waals surface area contributed by atoms with Gasteiger partial charge in [0.25, 0.3) is 10.0 Å².